The van der Waals surface area contributed by atoms with Gasteiger partial charge in [0, 0.05) is 4.88 Å². The largest absolute Gasteiger partial charge is 0.462 e. The maximum absolute atomic E-state index is 12.7. The Morgan fingerprint density at radius 3 is 2.71 bits per heavy atom. The zero-order chi connectivity index (χ0) is 17.1. The van der Waals surface area contributed by atoms with Crippen LogP contribution in [-0.4, -0.2) is 5.91 Å². The molecule has 2 aromatic heterocycles. The first kappa shape index (κ1) is 15.8. The van der Waals surface area contributed by atoms with Gasteiger partial charge in [-0.25, -0.2) is 0 Å². The number of thiophene rings is 1. The molecular formula is C19H24N2O2S. The minimum absolute atomic E-state index is 0.0227. The van der Waals surface area contributed by atoms with Gasteiger partial charge in [0.2, 0.25) is 0 Å². The van der Waals surface area contributed by atoms with E-state index in [1.165, 1.54) is 10.4 Å². The molecule has 2 N–H and O–H groups in total. The van der Waals surface area contributed by atoms with Gasteiger partial charge in [-0.2, -0.15) is 0 Å². The Labute approximate surface area is 146 Å². The number of furan rings is 1. The second kappa shape index (κ2) is 5.38. The number of hydrogen-bond acceptors (Lipinski definition) is 4. The van der Waals surface area contributed by atoms with Crippen LogP contribution in [0.2, 0.25) is 0 Å². The molecule has 4 nitrogen and oxygen atoms in total. The van der Waals surface area contributed by atoms with Crippen molar-refractivity contribution in [2.24, 2.45) is 11.3 Å². The average molecular weight is 344 g/mol. The van der Waals surface area contributed by atoms with Crippen LogP contribution < -0.4 is 10.6 Å². The van der Waals surface area contributed by atoms with Crippen LogP contribution in [0.5, 0.6) is 0 Å². The summed E-state index contributed by atoms with van der Waals surface area (Å²) < 4.78 is 5.68. The Morgan fingerprint density at radius 2 is 2.04 bits per heavy atom. The first-order chi connectivity index (χ1) is 11.3. The molecule has 0 radical (unpaired) electrons. The number of rotatable bonds is 1. The molecule has 2 atom stereocenters. The SMILES string of the molecule is Cc1ccc([C@H]2NC(=O)c3c(sc4c3CC[C@H](C(C)(C)C)C4)N2)o1. The lowest BCUT2D eigenvalue weighted by Crippen LogP contribution is -2.38. The van der Waals surface area contributed by atoms with Crippen LogP contribution in [0, 0.1) is 18.3 Å². The van der Waals surface area contributed by atoms with Crippen molar-refractivity contribution in [1.29, 1.82) is 0 Å². The summed E-state index contributed by atoms with van der Waals surface area (Å²) in [4.78, 5) is 14.1. The van der Waals surface area contributed by atoms with E-state index in [0.717, 1.165) is 41.3 Å². The molecule has 0 aromatic carbocycles. The molecule has 1 aliphatic carbocycles. The van der Waals surface area contributed by atoms with Crippen molar-refractivity contribution in [3.8, 4) is 0 Å². The third-order valence-corrected chi connectivity index (χ3v) is 6.50. The van der Waals surface area contributed by atoms with E-state index >= 15 is 0 Å². The third kappa shape index (κ3) is 2.55. The van der Waals surface area contributed by atoms with Crippen molar-refractivity contribution in [2.75, 3.05) is 5.32 Å². The molecule has 2 aromatic rings. The maximum atomic E-state index is 12.7. The van der Waals surface area contributed by atoms with Crippen LogP contribution in [0.15, 0.2) is 16.5 Å². The predicted octanol–water partition coefficient (Wildman–Crippen LogP) is 4.65. The fourth-order valence-electron chi connectivity index (χ4n) is 3.79. The molecule has 2 aliphatic rings. The van der Waals surface area contributed by atoms with Crippen molar-refractivity contribution >= 4 is 22.2 Å². The molecule has 1 aliphatic heterocycles. The molecule has 1 amide bonds. The Kier molecular flexibility index (Phi) is 3.53. The van der Waals surface area contributed by atoms with Gasteiger partial charge in [-0.05, 0) is 55.2 Å². The van der Waals surface area contributed by atoms with Crippen LogP contribution >= 0.6 is 11.3 Å². The van der Waals surface area contributed by atoms with Gasteiger partial charge >= 0.3 is 0 Å². The molecule has 0 saturated heterocycles. The second-order valence-corrected chi connectivity index (χ2v) is 9.12. The number of nitrogens with one attached hydrogen (secondary N) is 2. The van der Waals surface area contributed by atoms with Crippen molar-refractivity contribution in [3.05, 3.63) is 39.7 Å². The summed E-state index contributed by atoms with van der Waals surface area (Å²) in [5.74, 6) is 2.31. The normalized spacial score (nSPS) is 23.2. The van der Waals surface area contributed by atoms with Gasteiger partial charge in [-0.15, -0.1) is 11.3 Å². The van der Waals surface area contributed by atoms with E-state index in [1.807, 2.05) is 19.1 Å². The summed E-state index contributed by atoms with van der Waals surface area (Å²) in [6.45, 7) is 8.86. The summed E-state index contributed by atoms with van der Waals surface area (Å²) in [6.07, 6.45) is 2.96. The smallest absolute Gasteiger partial charge is 0.256 e. The molecule has 3 heterocycles. The Hall–Kier alpha value is -1.75. The highest BCUT2D eigenvalue weighted by Crippen LogP contribution is 2.46. The molecule has 5 heteroatoms. The van der Waals surface area contributed by atoms with Gasteiger partial charge in [-0.3, -0.25) is 4.79 Å². The van der Waals surface area contributed by atoms with E-state index in [1.54, 1.807) is 11.3 Å². The lowest BCUT2D eigenvalue weighted by atomic mass is 9.72. The van der Waals surface area contributed by atoms with Gasteiger partial charge in [-0.1, -0.05) is 20.8 Å². The fraction of sp³-hybridized carbons (Fsp3) is 0.526. The number of aryl methyl sites for hydroxylation is 1. The number of anilines is 1. The summed E-state index contributed by atoms with van der Waals surface area (Å²) >= 11 is 1.75. The number of fused-ring (bicyclic) bond motifs is 3. The molecule has 4 rings (SSSR count). The molecule has 0 unspecified atom stereocenters. The highest BCUT2D eigenvalue weighted by atomic mass is 32.1. The lowest BCUT2D eigenvalue weighted by Gasteiger charge is -2.34. The minimum Gasteiger partial charge on any atom is -0.462 e. The molecular weight excluding hydrogens is 320 g/mol. The molecule has 0 saturated carbocycles. The van der Waals surface area contributed by atoms with Gasteiger partial charge < -0.3 is 15.1 Å². The zero-order valence-corrected chi connectivity index (χ0v) is 15.5. The van der Waals surface area contributed by atoms with Crippen molar-refractivity contribution < 1.29 is 9.21 Å². The quantitative estimate of drug-likeness (QED) is 0.791. The zero-order valence-electron chi connectivity index (χ0n) is 14.7. The molecule has 24 heavy (non-hydrogen) atoms. The number of hydrogen-bond donors (Lipinski definition) is 2. The van der Waals surface area contributed by atoms with Gasteiger partial charge in [0.15, 0.2) is 6.17 Å². The van der Waals surface area contributed by atoms with E-state index in [0.29, 0.717) is 11.3 Å². The topological polar surface area (TPSA) is 54.3 Å². The van der Waals surface area contributed by atoms with Crippen molar-refractivity contribution in [1.82, 2.24) is 5.32 Å². The highest BCUT2D eigenvalue weighted by Gasteiger charge is 2.36. The van der Waals surface area contributed by atoms with Crippen LogP contribution in [0.25, 0.3) is 0 Å². The monoisotopic (exact) mass is 344 g/mol. The highest BCUT2D eigenvalue weighted by molar-refractivity contribution is 7.16. The van der Waals surface area contributed by atoms with Gasteiger partial charge in [0.25, 0.3) is 5.91 Å². The predicted molar refractivity (Wildman–Crippen MR) is 96.6 cm³/mol. The molecule has 0 spiro atoms. The number of carbonyl (C=O) groups is 1. The van der Waals surface area contributed by atoms with E-state index in [4.69, 9.17) is 4.42 Å². The van der Waals surface area contributed by atoms with Crippen LogP contribution in [0.1, 0.15) is 65.7 Å². The summed E-state index contributed by atoms with van der Waals surface area (Å²) in [7, 11) is 0. The first-order valence-corrected chi connectivity index (χ1v) is 9.43. The van der Waals surface area contributed by atoms with Crippen LogP contribution in [-0.2, 0) is 12.8 Å². The Morgan fingerprint density at radius 1 is 1.25 bits per heavy atom. The summed E-state index contributed by atoms with van der Waals surface area (Å²) in [5.41, 5.74) is 2.43. The molecule has 0 fully saturated rings. The number of amides is 1. The van der Waals surface area contributed by atoms with E-state index in [-0.39, 0.29) is 12.1 Å². The molecule has 128 valence electrons. The van der Waals surface area contributed by atoms with Crippen LogP contribution in [0.3, 0.4) is 0 Å². The first-order valence-electron chi connectivity index (χ1n) is 8.61. The van der Waals surface area contributed by atoms with E-state index in [9.17, 15) is 4.79 Å². The lowest BCUT2D eigenvalue weighted by molar-refractivity contribution is 0.0930. The average Bonchev–Trinajstić information content (AvgIpc) is 3.08. The number of carbonyl (C=O) groups excluding carboxylic acids is 1. The summed E-state index contributed by atoms with van der Waals surface area (Å²) in [5, 5.41) is 7.50. The standard InChI is InChI=1S/C19H24N2O2S/c1-10-5-8-13(23-10)16-20-17(22)15-12-7-6-11(19(2,3)4)9-14(12)24-18(15)21-16/h5,8,11,16,21H,6-7,9H2,1-4H3,(H,20,22)/t11-,16-/m0/s1. The van der Waals surface area contributed by atoms with Gasteiger partial charge in [0.05, 0.1) is 5.56 Å². The minimum atomic E-state index is -0.280. The second-order valence-electron chi connectivity index (χ2n) is 8.01. The maximum Gasteiger partial charge on any atom is 0.256 e. The fourth-order valence-corrected chi connectivity index (χ4v) is 5.14. The molecule has 0 bridgehead atoms. The summed E-state index contributed by atoms with van der Waals surface area (Å²) in [6, 6.07) is 3.84. The van der Waals surface area contributed by atoms with Crippen molar-refractivity contribution in [2.45, 2.75) is 53.1 Å². The third-order valence-electron chi connectivity index (χ3n) is 5.31. The van der Waals surface area contributed by atoms with Gasteiger partial charge in [0.1, 0.15) is 16.5 Å². The van der Waals surface area contributed by atoms with E-state index in [2.05, 4.69) is 31.4 Å². The Balaban J connectivity index is 1.65. The Bertz CT molecular complexity index is 797. The van der Waals surface area contributed by atoms with Crippen LogP contribution in [0.4, 0.5) is 5.00 Å². The van der Waals surface area contributed by atoms with E-state index < -0.39 is 0 Å². The van der Waals surface area contributed by atoms with Crippen molar-refractivity contribution in [3.63, 3.8) is 0 Å².